The molecular weight excluding hydrogens is 361 g/mol. The second kappa shape index (κ2) is 6.76. The quantitative estimate of drug-likeness (QED) is 0.469. The molecule has 1 atom stereocenters. The Morgan fingerprint density at radius 2 is 1.85 bits per heavy atom. The van der Waals surface area contributed by atoms with Crippen LogP contribution in [0.3, 0.4) is 0 Å². The number of hydrogen-bond acceptors (Lipinski definition) is 3. The fourth-order valence-electron chi connectivity index (χ4n) is 3.45. The van der Waals surface area contributed by atoms with E-state index >= 15 is 0 Å². The highest BCUT2D eigenvalue weighted by Crippen LogP contribution is 2.36. The van der Waals surface area contributed by atoms with E-state index in [9.17, 15) is 4.39 Å². The number of aromatic nitrogens is 1. The third kappa shape index (κ3) is 3.09. The highest BCUT2D eigenvalue weighted by atomic mass is 32.1. The lowest BCUT2D eigenvalue weighted by Crippen LogP contribution is -2.33. The van der Waals surface area contributed by atoms with Crippen LogP contribution < -0.4 is 9.30 Å². The molecule has 0 spiro atoms. The Bertz CT molecular complexity index is 1110. The van der Waals surface area contributed by atoms with Crippen molar-refractivity contribution in [2.75, 3.05) is 0 Å². The van der Waals surface area contributed by atoms with Gasteiger partial charge in [-0.2, -0.15) is 4.57 Å². The Morgan fingerprint density at radius 3 is 2.74 bits per heavy atom. The van der Waals surface area contributed by atoms with Gasteiger partial charge in [-0.1, -0.05) is 53.8 Å². The van der Waals surface area contributed by atoms with E-state index in [1.165, 1.54) is 10.8 Å². The second-order valence-electron chi connectivity index (χ2n) is 6.54. The second-order valence-corrected chi connectivity index (χ2v) is 7.43. The summed E-state index contributed by atoms with van der Waals surface area (Å²) < 4.78 is 29.5. The molecule has 1 aromatic heterocycles. The third-order valence-corrected chi connectivity index (χ3v) is 5.68. The van der Waals surface area contributed by atoms with Crippen LogP contribution in [0, 0.1) is 5.82 Å². The maximum absolute atomic E-state index is 14.2. The number of benzene rings is 3. The van der Waals surface area contributed by atoms with Crippen molar-refractivity contribution in [1.82, 2.24) is 0 Å². The van der Waals surface area contributed by atoms with E-state index in [4.69, 9.17) is 9.47 Å². The van der Waals surface area contributed by atoms with E-state index in [2.05, 4.69) is 22.2 Å². The SMILES string of the molecule is Fc1cc2c(c(C[n+]3csc4ccccc43)c1)O[C@@H](c1ccccc1)OC2. The molecule has 0 amide bonds. The van der Waals surface area contributed by atoms with Gasteiger partial charge in [-0.15, -0.1) is 0 Å². The van der Waals surface area contributed by atoms with Crippen molar-refractivity contribution in [2.24, 2.45) is 0 Å². The molecule has 5 rings (SSSR count). The standard InChI is InChI=1S/C22H17FNO2S/c23-18-10-16(12-24-14-27-20-9-5-4-8-19(20)24)21-17(11-18)13-25-22(26-21)15-6-2-1-3-7-15/h1-11,14,22H,12-13H2/q+1/t22-/m0/s1. The first kappa shape index (κ1) is 16.4. The molecular formula is C22H17FNO2S+. The Balaban J connectivity index is 1.53. The van der Waals surface area contributed by atoms with Gasteiger partial charge in [0.2, 0.25) is 17.3 Å². The summed E-state index contributed by atoms with van der Waals surface area (Å²) in [5, 5.41) is 0. The van der Waals surface area contributed by atoms with E-state index < -0.39 is 6.29 Å². The van der Waals surface area contributed by atoms with E-state index in [0.29, 0.717) is 13.2 Å². The Labute approximate surface area is 160 Å². The lowest BCUT2D eigenvalue weighted by Gasteiger charge is -2.28. The maximum atomic E-state index is 14.2. The Kier molecular flexibility index (Phi) is 4.11. The minimum absolute atomic E-state index is 0.269. The van der Waals surface area contributed by atoms with Crippen molar-refractivity contribution in [2.45, 2.75) is 19.4 Å². The molecule has 3 aromatic carbocycles. The van der Waals surface area contributed by atoms with Crippen LogP contribution in [0.5, 0.6) is 5.75 Å². The maximum Gasteiger partial charge on any atom is 0.227 e. The van der Waals surface area contributed by atoms with Gasteiger partial charge < -0.3 is 9.47 Å². The molecule has 5 heteroatoms. The first-order valence-corrected chi connectivity index (χ1v) is 9.66. The molecule has 0 bridgehead atoms. The zero-order valence-corrected chi connectivity index (χ0v) is 15.3. The van der Waals surface area contributed by atoms with Gasteiger partial charge in [0.15, 0.2) is 6.54 Å². The molecule has 0 radical (unpaired) electrons. The molecule has 0 saturated heterocycles. The topological polar surface area (TPSA) is 22.3 Å². The van der Waals surface area contributed by atoms with E-state index in [-0.39, 0.29) is 5.82 Å². The molecule has 0 saturated carbocycles. The highest BCUT2D eigenvalue weighted by molar-refractivity contribution is 7.16. The molecule has 0 fully saturated rings. The summed E-state index contributed by atoms with van der Waals surface area (Å²) in [7, 11) is 0. The third-order valence-electron chi connectivity index (χ3n) is 4.72. The number of rotatable bonds is 3. The number of ether oxygens (including phenoxy) is 2. The van der Waals surface area contributed by atoms with Gasteiger partial charge in [-0.05, 0) is 18.2 Å². The average molecular weight is 378 g/mol. The first-order chi connectivity index (χ1) is 13.3. The van der Waals surface area contributed by atoms with Crippen LogP contribution in [0.4, 0.5) is 4.39 Å². The summed E-state index contributed by atoms with van der Waals surface area (Å²) in [6.45, 7) is 0.875. The summed E-state index contributed by atoms with van der Waals surface area (Å²) in [6, 6.07) is 21.1. The number of fused-ring (bicyclic) bond motifs is 2. The van der Waals surface area contributed by atoms with Gasteiger partial charge in [0.1, 0.15) is 16.3 Å². The molecule has 0 unspecified atom stereocenters. The summed E-state index contributed by atoms with van der Waals surface area (Å²) in [5.74, 6) is 0.452. The molecule has 0 N–H and O–H groups in total. The molecule has 1 aliphatic heterocycles. The van der Waals surface area contributed by atoms with Crippen molar-refractivity contribution in [3.05, 3.63) is 94.7 Å². The number of hydrogen-bond donors (Lipinski definition) is 0. The smallest absolute Gasteiger partial charge is 0.227 e. The predicted octanol–water partition coefficient (Wildman–Crippen LogP) is 4.98. The highest BCUT2D eigenvalue weighted by Gasteiger charge is 2.27. The Morgan fingerprint density at radius 1 is 1.04 bits per heavy atom. The van der Waals surface area contributed by atoms with Crippen molar-refractivity contribution in [3.63, 3.8) is 0 Å². The monoisotopic (exact) mass is 378 g/mol. The lowest BCUT2D eigenvalue weighted by atomic mass is 10.1. The van der Waals surface area contributed by atoms with Gasteiger partial charge in [0.25, 0.3) is 0 Å². The molecule has 4 aromatic rings. The first-order valence-electron chi connectivity index (χ1n) is 8.78. The van der Waals surface area contributed by atoms with Crippen LogP contribution >= 0.6 is 11.3 Å². The van der Waals surface area contributed by atoms with Crippen LogP contribution in [-0.4, -0.2) is 0 Å². The van der Waals surface area contributed by atoms with Gasteiger partial charge in [0.05, 0.1) is 12.2 Å². The number of nitrogens with zero attached hydrogens (tertiary/aromatic N) is 1. The number of thiazole rings is 1. The number of halogens is 1. The van der Waals surface area contributed by atoms with Crippen molar-refractivity contribution in [1.29, 1.82) is 0 Å². The molecule has 1 aliphatic rings. The van der Waals surface area contributed by atoms with Crippen molar-refractivity contribution >= 4 is 21.6 Å². The zero-order chi connectivity index (χ0) is 18.2. The largest absolute Gasteiger partial charge is 0.460 e. The fourth-order valence-corrected chi connectivity index (χ4v) is 4.34. The van der Waals surface area contributed by atoms with Crippen molar-refractivity contribution in [3.8, 4) is 5.75 Å². The summed E-state index contributed by atoms with van der Waals surface area (Å²) >= 11 is 1.68. The minimum atomic E-state index is -0.480. The van der Waals surface area contributed by atoms with Crippen LogP contribution in [-0.2, 0) is 17.9 Å². The van der Waals surface area contributed by atoms with Crippen LogP contribution in [0.15, 0.2) is 72.2 Å². The summed E-state index contributed by atoms with van der Waals surface area (Å²) in [5.41, 5.74) is 5.72. The molecule has 2 heterocycles. The predicted molar refractivity (Wildman–Crippen MR) is 102 cm³/mol. The van der Waals surface area contributed by atoms with Crippen molar-refractivity contribution < 1.29 is 18.4 Å². The zero-order valence-electron chi connectivity index (χ0n) is 14.5. The van der Waals surface area contributed by atoms with Gasteiger partial charge in [-0.25, -0.2) is 4.39 Å². The van der Waals surface area contributed by atoms with Gasteiger partial charge in [-0.3, -0.25) is 0 Å². The summed E-state index contributed by atoms with van der Waals surface area (Å²) in [6.07, 6.45) is -0.480. The lowest BCUT2D eigenvalue weighted by molar-refractivity contribution is -0.658. The average Bonchev–Trinajstić information content (AvgIpc) is 3.11. The Hall–Kier alpha value is -2.76. The number of para-hydroxylation sites is 1. The van der Waals surface area contributed by atoms with Gasteiger partial charge >= 0.3 is 0 Å². The van der Waals surface area contributed by atoms with E-state index in [0.717, 1.165) is 28.0 Å². The van der Waals surface area contributed by atoms with Crippen LogP contribution in [0.25, 0.3) is 10.2 Å². The van der Waals surface area contributed by atoms with E-state index in [1.807, 2.05) is 42.5 Å². The summed E-state index contributed by atoms with van der Waals surface area (Å²) in [4.78, 5) is 0. The normalized spacial score (nSPS) is 16.1. The fraction of sp³-hybridized carbons (Fsp3) is 0.136. The molecule has 134 valence electrons. The molecule has 3 nitrogen and oxygen atoms in total. The van der Waals surface area contributed by atoms with E-state index in [1.54, 1.807) is 17.4 Å². The van der Waals surface area contributed by atoms with Crippen LogP contribution in [0.1, 0.15) is 23.0 Å². The molecule has 0 aliphatic carbocycles. The molecule has 27 heavy (non-hydrogen) atoms. The van der Waals surface area contributed by atoms with Gasteiger partial charge in [0, 0.05) is 17.2 Å². The minimum Gasteiger partial charge on any atom is -0.460 e. The van der Waals surface area contributed by atoms with Crippen LogP contribution in [0.2, 0.25) is 0 Å².